The zero-order valence-corrected chi connectivity index (χ0v) is 14.1. The Morgan fingerprint density at radius 2 is 1.75 bits per heavy atom. The van der Waals surface area contributed by atoms with Crippen LogP contribution in [0.5, 0.6) is 0 Å². The molecule has 1 saturated heterocycles. The van der Waals surface area contributed by atoms with E-state index in [-0.39, 0.29) is 16.4 Å². The van der Waals surface area contributed by atoms with E-state index in [4.69, 9.17) is 0 Å². The average molecular weight is 346 g/mol. The van der Waals surface area contributed by atoms with Gasteiger partial charge in [0.25, 0.3) is 5.91 Å². The van der Waals surface area contributed by atoms with E-state index in [0.717, 1.165) is 12.1 Å². The lowest BCUT2D eigenvalue weighted by atomic mass is 10.2. The van der Waals surface area contributed by atoms with Gasteiger partial charge in [-0.25, -0.2) is 8.42 Å². The van der Waals surface area contributed by atoms with Crippen LogP contribution in [0.2, 0.25) is 0 Å². The monoisotopic (exact) mass is 346 g/mol. The predicted octanol–water partition coefficient (Wildman–Crippen LogP) is 0.843. The first-order valence-corrected chi connectivity index (χ1v) is 9.47. The topological polar surface area (TPSA) is 83.5 Å². The van der Waals surface area contributed by atoms with Crippen LogP contribution >= 0.6 is 0 Å². The SMILES string of the molecule is CS(=O)(=O)c1ccccc1C(=O)N1CCN(c2cccnn2)CC1. The van der Waals surface area contributed by atoms with E-state index in [9.17, 15) is 13.2 Å². The van der Waals surface area contributed by atoms with Gasteiger partial charge in [-0.05, 0) is 24.3 Å². The highest BCUT2D eigenvalue weighted by Gasteiger charge is 2.26. The molecule has 0 unspecified atom stereocenters. The van der Waals surface area contributed by atoms with Gasteiger partial charge in [0.15, 0.2) is 15.7 Å². The van der Waals surface area contributed by atoms with Gasteiger partial charge in [0, 0.05) is 38.6 Å². The Hall–Kier alpha value is -2.48. The number of anilines is 1. The third kappa shape index (κ3) is 3.38. The fourth-order valence-corrected chi connectivity index (χ4v) is 3.62. The van der Waals surface area contributed by atoms with Gasteiger partial charge in [-0.15, -0.1) is 5.10 Å². The summed E-state index contributed by atoms with van der Waals surface area (Å²) in [4.78, 5) is 16.5. The van der Waals surface area contributed by atoms with Crippen LogP contribution in [0.4, 0.5) is 5.82 Å². The first-order chi connectivity index (χ1) is 11.5. The second kappa shape index (κ2) is 6.56. The van der Waals surface area contributed by atoms with Crippen molar-refractivity contribution in [2.75, 3.05) is 37.3 Å². The molecule has 1 fully saturated rings. The number of carbonyl (C=O) groups is 1. The summed E-state index contributed by atoms with van der Waals surface area (Å²) in [7, 11) is -3.45. The minimum absolute atomic E-state index is 0.0753. The van der Waals surface area contributed by atoms with Gasteiger partial charge in [-0.1, -0.05) is 12.1 Å². The second-order valence-corrected chi connectivity index (χ2v) is 7.61. The van der Waals surface area contributed by atoms with Crippen molar-refractivity contribution in [1.29, 1.82) is 0 Å². The molecule has 1 aliphatic rings. The van der Waals surface area contributed by atoms with Crippen LogP contribution in [0.3, 0.4) is 0 Å². The van der Waals surface area contributed by atoms with E-state index < -0.39 is 9.84 Å². The Kier molecular flexibility index (Phi) is 4.48. The summed E-state index contributed by atoms with van der Waals surface area (Å²) in [6.45, 7) is 2.28. The standard InChI is InChI=1S/C16H18N4O3S/c1-24(22,23)14-6-3-2-5-13(14)16(21)20-11-9-19(10-12-20)15-7-4-8-17-18-15/h2-8H,9-12H2,1H3. The Morgan fingerprint density at radius 1 is 1.04 bits per heavy atom. The maximum atomic E-state index is 12.7. The van der Waals surface area contributed by atoms with E-state index in [1.54, 1.807) is 29.3 Å². The lowest BCUT2D eigenvalue weighted by Crippen LogP contribution is -2.49. The lowest BCUT2D eigenvalue weighted by Gasteiger charge is -2.35. The number of amides is 1. The Bertz CT molecular complexity index is 831. The summed E-state index contributed by atoms with van der Waals surface area (Å²) in [6, 6.07) is 10.0. The van der Waals surface area contributed by atoms with Gasteiger partial charge in [0.2, 0.25) is 0 Å². The molecule has 0 aliphatic carbocycles. The fraction of sp³-hybridized carbons (Fsp3) is 0.312. The zero-order chi connectivity index (χ0) is 17.2. The van der Waals surface area contributed by atoms with Crippen molar-refractivity contribution < 1.29 is 13.2 Å². The van der Waals surface area contributed by atoms with Crippen molar-refractivity contribution in [1.82, 2.24) is 15.1 Å². The zero-order valence-electron chi connectivity index (χ0n) is 13.3. The molecule has 24 heavy (non-hydrogen) atoms. The maximum absolute atomic E-state index is 12.7. The number of nitrogens with zero attached hydrogens (tertiary/aromatic N) is 4. The van der Waals surface area contributed by atoms with Crippen LogP contribution in [-0.4, -0.2) is 61.9 Å². The number of sulfone groups is 1. The van der Waals surface area contributed by atoms with E-state index in [1.165, 1.54) is 6.07 Å². The molecule has 0 N–H and O–H groups in total. The van der Waals surface area contributed by atoms with Crippen molar-refractivity contribution in [3.05, 3.63) is 48.2 Å². The van der Waals surface area contributed by atoms with Crippen LogP contribution in [0.15, 0.2) is 47.5 Å². The summed E-state index contributed by atoms with van der Waals surface area (Å²) in [6.07, 6.45) is 2.73. The van der Waals surface area contributed by atoms with Crippen LogP contribution in [0, 0.1) is 0 Å². The molecule has 1 aromatic carbocycles. The highest BCUT2D eigenvalue weighted by Crippen LogP contribution is 2.19. The van der Waals surface area contributed by atoms with Gasteiger partial charge < -0.3 is 9.80 Å². The van der Waals surface area contributed by atoms with Crippen LogP contribution in [-0.2, 0) is 9.84 Å². The van der Waals surface area contributed by atoms with E-state index in [1.807, 2.05) is 12.1 Å². The molecular formula is C16H18N4O3S. The third-order valence-corrected chi connectivity index (χ3v) is 5.12. The minimum atomic E-state index is -3.45. The number of hydrogen-bond acceptors (Lipinski definition) is 6. The van der Waals surface area contributed by atoms with Crippen LogP contribution in [0.1, 0.15) is 10.4 Å². The first-order valence-electron chi connectivity index (χ1n) is 7.58. The largest absolute Gasteiger partial charge is 0.352 e. The molecule has 2 heterocycles. The molecule has 1 aromatic heterocycles. The highest BCUT2D eigenvalue weighted by atomic mass is 32.2. The lowest BCUT2D eigenvalue weighted by molar-refractivity contribution is 0.0742. The molecule has 1 amide bonds. The number of hydrogen-bond donors (Lipinski definition) is 0. The molecule has 8 heteroatoms. The third-order valence-electron chi connectivity index (χ3n) is 3.97. The predicted molar refractivity (Wildman–Crippen MR) is 89.7 cm³/mol. The normalized spacial score (nSPS) is 15.4. The molecule has 0 atom stereocenters. The van der Waals surface area contributed by atoms with Crippen molar-refractivity contribution in [2.45, 2.75) is 4.90 Å². The van der Waals surface area contributed by atoms with Gasteiger partial charge in [0.05, 0.1) is 10.5 Å². The number of carbonyl (C=O) groups excluding carboxylic acids is 1. The molecule has 126 valence electrons. The Labute approximate surface area is 140 Å². The smallest absolute Gasteiger partial charge is 0.255 e. The number of piperazine rings is 1. The van der Waals surface area contributed by atoms with Crippen molar-refractivity contribution >= 4 is 21.6 Å². The molecule has 0 radical (unpaired) electrons. The number of aromatic nitrogens is 2. The quantitative estimate of drug-likeness (QED) is 0.819. The molecule has 0 saturated carbocycles. The van der Waals surface area contributed by atoms with Crippen molar-refractivity contribution in [3.8, 4) is 0 Å². The summed E-state index contributed by atoms with van der Waals surface area (Å²) >= 11 is 0. The average Bonchev–Trinajstić information content (AvgIpc) is 2.61. The maximum Gasteiger partial charge on any atom is 0.255 e. The minimum Gasteiger partial charge on any atom is -0.352 e. The summed E-state index contributed by atoms with van der Waals surface area (Å²) in [5.41, 5.74) is 0.230. The van der Waals surface area contributed by atoms with Gasteiger partial charge in [-0.2, -0.15) is 5.10 Å². The molecule has 2 aromatic rings. The summed E-state index contributed by atoms with van der Waals surface area (Å²) in [5.74, 6) is 0.524. The van der Waals surface area contributed by atoms with E-state index in [2.05, 4.69) is 15.1 Å². The van der Waals surface area contributed by atoms with Gasteiger partial charge >= 0.3 is 0 Å². The Morgan fingerprint density at radius 3 is 2.38 bits per heavy atom. The van der Waals surface area contributed by atoms with Gasteiger partial charge in [0.1, 0.15) is 0 Å². The second-order valence-electron chi connectivity index (χ2n) is 5.63. The van der Waals surface area contributed by atoms with Crippen molar-refractivity contribution in [3.63, 3.8) is 0 Å². The van der Waals surface area contributed by atoms with E-state index in [0.29, 0.717) is 26.2 Å². The van der Waals surface area contributed by atoms with E-state index >= 15 is 0 Å². The number of rotatable bonds is 3. The Balaban J connectivity index is 1.75. The number of benzene rings is 1. The fourth-order valence-electron chi connectivity index (χ4n) is 2.74. The van der Waals surface area contributed by atoms with Gasteiger partial charge in [-0.3, -0.25) is 4.79 Å². The molecule has 7 nitrogen and oxygen atoms in total. The van der Waals surface area contributed by atoms with Crippen molar-refractivity contribution in [2.24, 2.45) is 0 Å². The summed E-state index contributed by atoms with van der Waals surface area (Å²) < 4.78 is 23.8. The molecule has 0 spiro atoms. The molecule has 1 aliphatic heterocycles. The molecular weight excluding hydrogens is 328 g/mol. The van der Waals surface area contributed by atoms with Crippen LogP contribution in [0.25, 0.3) is 0 Å². The summed E-state index contributed by atoms with van der Waals surface area (Å²) in [5, 5.41) is 7.93. The van der Waals surface area contributed by atoms with Crippen LogP contribution < -0.4 is 4.90 Å². The first kappa shape index (κ1) is 16.4. The molecule has 0 bridgehead atoms. The molecule has 3 rings (SSSR count). The highest BCUT2D eigenvalue weighted by molar-refractivity contribution is 7.90.